The Morgan fingerprint density at radius 1 is 0.500 bits per heavy atom. The maximum absolute atomic E-state index is 4.26. The molecule has 30 heavy (non-hydrogen) atoms. The summed E-state index contributed by atoms with van der Waals surface area (Å²) in [6.45, 7) is 0. The van der Waals surface area contributed by atoms with Crippen molar-refractivity contribution in [2.45, 2.75) is 0 Å². The molecule has 0 N–H and O–H groups in total. The zero-order chi connectivity index (χ0) is 21.0. The van der Waals surface area contributed by atoms with Gasteiger partial charge < -0.3 is 0 Å². The zero-order valence-corrected chi connectivity index (χ0v) is 20.0. The van der Waals surface area contributed by atoms with Crippen molar-refractivity contribution >= 4 is 47.3 Å². The van der Waals surface area contributed by atoms with Crippen LogP contribution in [0.15, 0.2) is 121 Å². The number of hydrogen-bond donors (Lipinski definition) is 0. The Bertz CT molecular complexity index is 805. The molecule has 0 bridgehead atoms. The van der Waals surface area contributed by atoms with Crippen LogP contribution in [0, 0.1) is 6.16 Å². The van der Waals surface area contributed by atoms with Gasteiger partial charge in [-0.25, -0.2) is 7.92 Å². The van der Waals surface area contributed by atoms with Gasteiger partial charge in [0.05, 0.1) is 0 Å². The Morgan fingerprint density at radius 2 is 0.800 bits per heavy atom. The Kier molecular flexibility index (Phi) is 10.1. The van der Waals surface area contributed by atoms with Crippen LogP contribution in [0.1, 0.15) is 0 Å². The molecule has 0 radical (unpaired) electrons. The summed E-state index contributed by atoms with van der Waals surface area (Å²) in [7, 11) is 3.39. The van der Waals surface area contributed by atoms with Gasteiger partial charge >= 0.3 is 24.8 Å². The molecule has 0 aliphatic heterocycles. The van der Waals surface area contributed by atoms with Gasteiger partial charge in [0.1, 0.15) is 0 Å². The fraction of sp³-hybridized carbons (Fsp3) is 0.0385. The second kappa shape index (κ2) is 13.0. The van der Waals surface area contributed by atoms with Crippen LogP contribution in [-0.2, 0) is 14.6 Å². The van der Waals surface area contributed by atoms with E-state index in [2.05, 4.69) is 152 Å². The van der Waals surface area contributed by atoms with Crippen molar-refractivity contribution < 1.29 is 14.6 Å². The Labute approximate surface area is 194 Å². The summed E-state index contributed by atoms with van der Waals surface area (Å²) in [4.78, 5) is 0. The molecule has 0 aliphatic rings. The average Bonchev–Trinajstić information content (AvgIpc) is 2.85. The first-order valence-electron chi connectivity index (χ1n) is 9.64. The van der Waals surface area contributed by atoms with E-state index in [-0.39, 0.29) is 0 Å². The van der Waals surface area contributed by atoms with E-state index in [0.29, 0.717) is 0 Å². The molecule has 4 aromatic rings. The normalized spacial score (nSPS) is 10.6. The van der Waals surface area contributed by atoms with Crippen LogP contribution >= 0.6 is 26.0 Å². The first kappa shape index (κ1) is 23.2. The predicted molar refractivity (Wildman–Crippen MR) is 133 cm³/mol. The van der Waals surface area contributed by atoms with E-state index in [1.165, 1.54) is 21.2 Å². The maximum atomic E-state index is 4.26. The number of benzene rings is 4. The van der Waals surface area contributed by atoms with Gasteiger partial charge in [-0.15, -0.1) is 6.16 Å². The van der Waals surface area contributed by atoms with Gasteiger partial charge in [-0.3, -0.25) is 6.16 Å². The largest absolute Gasteiger partial charge is 0.289 e. The summed E-state index contributed by atoms with van der Waals surface area (Å²) in [5, 5.41) is 5.71. The van der Waals surface area contributed by atoms with E-state index in [0.717, 1.165) is 6.16 Å². The van der Waals surface area contributed by atoms with Crippen molar-refractivity contribution in [1.82, 2.24) is 0 Å². The molecule has 0 nitrogen and oxygen atoms in total. The molecule has 0 aromatic heterocycles. The van der Waals surface area contributed by atoms with Crippen LogP contribution < -0.4 is 21.2 Å². The minimum atomic E-state index is -0.473. The van der Waals surface area contributed by atoms with Crippen molar-refractivity contribution in [3.8, 4) is 0 Å². The van der Waals surface area contributed by atoms with Crippen LogP contribution in [-0.4, -0.2) is 6.16 Å². The fourth-order valence-electron chi connectivity index (χ4n) is 3.28. The molecular formula is C26H23ClNiP2-. The van der Waals surface area contributed by atoms with Gasteiger partial charge in [-0.05, 0) is 10.6 Å². The summed E-state index contributed by atoms with van der Waals surface area (Å²) < 4.78 is 0. The minimum Gasteiger partial charge on any atom is -0.289 e. The molecule has 0 heterocycles. The molecule has 4 aromatic carbocycles. The molecule has 0 amide bonds. The first-order chi connectivity index (χ1) is 14.9. The Morgan fingerprint density at radius 3 is 1.13 bits per heavy atom. The molecule has 4 rings (SSSR count). The second-order valence-corrected chi connectivity index (χ2v) is 10.9. The third-order valence-electron chi connectivity index (χ3n) is 4.65. The van der Waals surface area contributed by atoms with Crippen molar-refractivity contribution in [2.24, 2.45) is 0 Å². The predicted octanol–water partition coefficient (Wildman–Crippen LogP) is 6.10. The number of rotatable bonds is 7. The third kappa shape index (κ3) is 6.51. The molecule has 0 fully saturated rings. The van der Waals surface area contributed by atoms with E-state index in [1.54, 1.807) is 0 Å². The van der Waals surface area contributed by atoms with Crippen molar-refractivity contribution in [1.29, 1.82) is 0 Å². The zero-order valence-electron chi connectivity index (χ0n) is 16.4. The van der Waals surface area contributed by atoms with E-state index in [9.17, 15) is 0 Å². The molecule has 0 aliphatic carbocycles. The van der Waals surface area contributed by atoms with Crippen LogP contribution in [0.2, 0.25) is 0 Å². The minimum absolute atomic E-state index is 0.403. The molecule has 0 saturated heterocycles. The van der Waals surface area contributed by atoms with Crippen LogP contribution in [0.3, 0.4) is 0 Å². The van der Waals surface area contributed by atoms with Crippen LogP contribution in [0.5, 0.6) is 0 Å². The molecule has 155 valence electrons. The summed E-state index contributed by atoms with van der Waals surface area (Å²) in [5.41, 5.74) is 0. The standard InChI is InChI=1S/C26H23P2.ClH.Ni/c1-5-13-23(14-6-1)27(24-15-7-2-8-16-24)21-22-28(25-17-9-3-10-18-25)26-19-11-4-12-20-26;;/h1-21H,22H2;1H;/q-1;;+1/p-1. The maximum Gasteiger partial charge on any atom is -0.0220 e. The van der Waals surface area contributed by atoms with Crippen molar-refractivity contribution in [2.75, 3.05) is 6.16 Å². The summed E-state index contributed by atoms with van der Waals surface area (Å²) in [6.07, 6.45) is 3.66. The van der Waals surface area contributed by atoms with Gasteiger partial charge in [0.15, 0.2) is 0 Å². The van der Waals surface area contributed by atoms with Gasteiger partial charge in [-0.2, -0.15) is 0 Å². The topological polar surface area (TPSA) is 0 Å². The fourth-order valence-corrected chi connectivity index (χ4v) is 8.07. The second-order valence-electron chi connectivity index (χ2n) is 6.51. The Hall–Kier alpha value is -1.48. The number of hydrogen-bond acceptors (Lipinski definition) is 0. The summed E-state index contributed by atoms with van der Waals surface area (Å²) >= 11 is 3.35. The molecule has 0 saturated carbocycles. The third-order valence-corrected chi connectivity index (χ3v) is 9.59. The SMILES string of the molecule is [Cl][Ni].c1ccc(P([CH-]CP(c2ccccc2)c2ccccc2)c2ccccc2)cc1. The van der Waals surface area contributed by atoms with E-state index in [4.69, 9.17) is 0 Å². The molecule has 0 spiro atoms. The van der Waals surface area contributed by atoms with Gasteiger partial charge in [0.25, 0.3) is 0 Å². The van der Waals surface area contributed by atoms with Crippen LogP contribution in [0.25, 0.3) is 0 Å². The summed E-state index contributed by atoms with van der Waals surface area (Å²) in [6, 6.07) is 43.8. The first-order valence-corrected chi connectivity index (χ1v) is 13.9. The van der Waals surface area contributed by atoms with E-state index in [1.807, 2.05) is 0 Å². The van der Waals surface area contributed by atoms with Gasteiger partial charge in [0, 0.05) is 0 Å². The smallest absolute Gasteiger partial charge is 0.0220 e. The molecule has 0 atom stereocenters. The molecule has 0 unspecified atom stereocenters. The summed E-state index contributed by atoms with van der Waals surface area (Å²) in [5.74, 6) is 0. The Balaban J connectivity index is 0.00000124. The van der Waals surface area contributed by atoms with Gasteiger partial charge in [-0.1, -0.05) is 140 Å². The number of halogens is 1. The van der Waals surface area contributed by atoms with Crippen LogP contribution in [0.4, 0.5) is 0 Å². The van der Waals surface area contributed by atoms with Gasteiger partial charge in [0.2, 0.25) is 0 Å². The van der Waals surface area contributed by atoms with Crippen molar-refractivity contribution in [3.05, 3.63) is 127 Å². The monoisotopic (exact) mass is 490 g/mol. The van der Waals surface area contributed by atoms with E-state index >= 15 is 0 Å². The average molecular weight is 492 g/mol. The molecule has 4 heteroatoms. The van der Waals surface area contributed by atoms with Crippen molar-refractivity contribution in [3.63, 3.8) is 0 Å². The quantitative estimate of drug-likeness (QED) is 0.166. The van der Waals surface area contributed by atoms with E-state index < -0.39 is 15.8 Å². The molecular weight excluding hydrogens is 468 g/mol.